The van der Waals surface area contributed by atoms with E-state index in [2.05, 4.69) is 20.3 Å². The van der Waals surface area contributed by atoms with Crippen molar-refractivity contribution in [2.75, 3.05) is 5.32 Å². The maximum absolute atomic E-state index is 11.1. The van der Waals surface area contributed by atoms with Crippen molar-refractivity contribution in [1.29, 1.82) is 0 Å². The zero-order valence-corrected chi connectivity index (χ0v) is 13.3. The summed E-state index contributed by atoms with van der Waals surface area (Å²) in [6.07, 6.45) is 1.37. The molecule has 0 bridgehead atoms. The summed E-state index contributed by atoms with van der Waals surface area (Å²) in [4.78, 5) is 23.0. The molecule has 0 aliphatic carbocycles. The van der Waals surface area contributed by atoms with Crippen LogP contribution >= 0.6 is 23.2 Å². The molecule has 116 valence electrons. The Morgan fingerprint density at radius 2 is 2.00 bits per heavy atom. The third-order valence-corrected chi connectivity index (χ3v) is 3.89. The second kappa shape index (κ2) is 5.94. The van der Waals surface area contributed by atoms with Gasteiger partial charge in [0, 0.05) is 17.0 Å². The van der Waals surface area contributed by atoms with Gasteiger partial charge in [-0.25, -0.2) is 15.0 Å². The summed E-state index contributed by atoms with van der Waals surface area (Å²) in [5.74, 6) is 0.812. The van der Waals surface area contributed by atoms with Gasteiger partial charge in [-0.2, -0.15) is 0 Å². The molecule has 0 saturated heterocycles. The predicted molar refractivity (Wildman–Crippen MR) is 88.5 cm³/mol. The van der Waals surface area contributed by atoms with Crippen LogP contribution in [0.4, 0.5) is 17.3 Å². The minimum absolute atomic E-state index is 0.00236. The fourth-order valence-corrected chi connectivity index (χ4v) is 2.36. The normalized spacial score (nSPS) is 10.7. The van der Waals surface area contributed by atoms with E-state index in [0.717, 1.165) is 0 Å². The van der Waals surface area contributed by atoms with Crippen LogP contribution in [0, 0.1) is 17.0 Å². The molecule has 1 N–H and O–H groups in total. The van der Waals surface area contributed by atoms with E-state index in [1.54, 1.807) is 25.1 Å². The van der Waals surface area contributed by atoms with E-state index < -0.39 is 4.92 Å². The number of anilines is 2. The van der Waals surface area contributed by atoms with Crippen molar-refractivity contribution in [3.05, 3.63) is 56.4 Å². The van der Waals surface area contributed by atoms with Crippen molar-refractivity contribution >= 4 is 51.4 Å². The van der Waals surface area contributed by atoms with Gasteiger partial charge < -0.3 is 5.32 Å². The zero-order valence-electron chi connectivity index (χ0n) is 11.7. The van der Waals surface area contributed by atoms with Gasteiger partial charge in [0.05, 0.1) is 15.5 Å². The molecule has 0 aliphatic rings. The molecule has 3 aromatic rings. The molecule has 2 heterocycles. The van der Waals surface area contributed by atoms with Crippen molar-refractivity contribution < 1.29 is 4.92 Å². The third kappa shape index (κ3) is 3.01. The Bertz CT molecular complexity index is 932. The van der Waals surface area contributed by atoms with Gasteiger partial charge in [-0.3, -0.25) is 10.1 Å². The fraction of sp³-hybridized carbons (Fsp3) is 0.0714. The number of aromatic nitrogens is 3. The largest absolute Gasteiger partial charge is 0.324 e. The van der Waals surface area contributed by atoms with Gasteiger partial charge >= 0.3 is 0 Å². The minimum Gasteiger partial charge on any atom is -0.324 e. The summed E-state index contributed by atoms with van der Waals surface area (Å²) in [5, 5.41) is 15.1. The van der Waals surface area contributed by atoms with Crippen LogP contribution in [0.1, 0.15) is 5.56 Å². The summed E-state index contributed by atoms with van der Waals surface area (Å²) in [6, 6.07) is 6.30. The first-order chi connectivity index (χ1) is 11.0. The van der Waals surface area contributed by atoms with Crippen LogP contribution in [0.5, 0.6) is 0 Å². The Hall–Kier alpha value is -2.51. The molecule has 1 aromatic carbocycles. The van der Waals surface area contributed by atoms with Crippen molar-refractivity contribution in [3.63, 3.8) is 0 Å². The Morgan fingerprint density at radius 3 is 2.70 bits per heavy atom. The lowest BCUT2D eigenvalue weighted by molar-refractivity contribution is -0.385. The average molecular weight is 350 g/mol. The summed E-state index contributed by atoms with van der Waals surface area (Å²) < 4.78 is 0. The summed E-state index contributed by atoms with van der Waals surface area (Å²) >= 11 is 11.7. The van der Waals surface area contributed by atoms with E-state index in [9.17, 15) is 10.1 Å². The number of aryl methyl sites for hydroxylation is 1. The van der Waals surface area contributed by atoms with Crippen LogP contribution in [0.15, 0.2) is 30.6 Å². The molecule has 0 saturated carbocycles. The summed E-state index contributed by atoms with van der Waals surface area (Å²) in [6.45, 7) is 1.66. The standard InChI is InChI=1S/C14H9Cl2N5O2/c1-7-4-10-8(5-11(7)21(22)23)14(18-6-17-10)20-12-3-2-9(15)13(16)19-12/h2-6H,1H3,(H,17,18,19,20). The highest BCUT2D eigenvalue weighted by molar-refractivity contribution is 6.41. The first-order valence-corrected chi connectivity index (χ1v) is 7.20. The van der Waals surface area contributed by atoms with Gasteiger partial charge in [0.1, 0.15) is 23.1 Å². The van der Waals surface area contributed by atoms with Gasteiger partial charge in [-0.15, -0.1) is 0 Å². The van der Waals surface area contributed by atoms with Crippen LogP contribution in [0.2, 0.25) is 10.2 Å². The van der Waals surface area contributed by atoms with Gasteiger partial charge in [0.2, 0.25) is 0 Å². The molecule has 0 spiro atoms. The van der Waals surface area contributed by atoms with E-state index in [-0.39, 0.29) is 10.8 Å². The van der Waals surface area contributed by atoms with E-state index >= 15 is 0 Å². The molecular weight excluding hydrogens is 341 g/mol. The lowest BCUT2D eigenvalue weighted by Crippen LogP contribution is -2.00. The van der Waals surface area contributed by atoms with Gasteiger partial charge in [-0.05, 0) is 25.1 Å². The number of halogens is 2. The topological polar surface area (TPSA) is 93.8 Å². The number of rotatable bonds is 3. The lowest BCUT2D eigenvalue weighted by atomic mass is 10.1. The molecule has 7 nitrogen and oxygen atoms in total. The molecular formula is C14H9Cl2N5O2. The maximum Gasteiger partial charge on any atom is 0.273 e. The second-order valence-corrected chi connectivity index (χ2v) is 5.49. The van der Waals surface area contributed by atoms with E-state index in [0.29, 0.717) is 33.1 Å². The second-order valence-electron chi connectivity index (χ2n) is 4.73. The molecule has 0 aliphatic heterocycles. The zero-order chi connectivity index (χ0) is 16.6. The number of nitro benzene ring substituents is 1. The third-order valence-electron chi connectivity index (χ3n) is 3.20. The molecule has 2 aromatic heterocycles. The first kappa shape index (κ1) is 15.4. The van der Waals surface area contributed by atoms with Gasteiger partial charge in [-0.1, -0.05) is 23.2 Å². The Balaban J connectivity index is 2.11. The van der Waals surface area contributed by atoms with Crippen molar-refractivity contribution in [1.82, 2.24) is 15.0 Å². The molecule has 0 radical (unpaired) electrons. The molecule has 0 fully saturated rings. The number of nitro groups is 1. The number of hydrogen-bond acceptors (Lipinski definition) is 6. The highest BCUT2D eigenvalue weighted by Crippen LogP contribution is 2.30. The fourth-order valence-electron chi connectivity index (χ4n) is 2.10. The number of hydrogen-bond donors (Lipinski definition) is 1. The summed E-state index contributed by atoms with van der Waals surface area (Å²) in [5.41, 5.74) is 1.11. The SMILES string of the molecule is Cc1cc2ncnc(Nc3ccc(Cl)c(Cl)n3)c2cc1[N+](=O)[O-]. The number of benzene rings is 1. The molecule has 0 atom stereocenters. The quantitative estimate of drug-likeness (QED) is 0.430. The monoisotopic (exact) mass is 349 g/mol. The molecule has 3 rings (SSSR count). The Morgan fingerprint density at radius 1 is 1.22 bits per heavy atom. The number of pyridine rings is 1. The van der Waals surface area contributed by atoms with Crippen molar-refractivity contribution in [2.45, 2.75) is 6.92 Å². The van der Waals surface area contributed by atoms with Gasteiger partial charge in [0.15, 0.2) is 0 Å². The van der Waals surface area contributed by atoms with Gasteiger partial charge in [0.25, 0.3) is 5.69 Å². The molecule has 0 amide bonds. The van der Waals surface area contributed by atoms with Crippen molar-refractivity contribution in [2.24, 2.45) is 0 Å². The number of fused-ring (bicyclic) bond motifs is 1. The van der Waals surface area contributed by atoms with Crippen LogP contribution in [0.3, 0.4) is 0 Å². The van der Waals surface area contributed by atoms with E-state index in [1.807, 2.05) is 0 Å². The molecule has 0 unspecified atom stereocenters. The summed E-state index contributed by atoms with van der Waals surface area (Å²) in [7, 11) is 0. The predicted octanol–water partition coefficient (Wildman–Crippen LogP) is 4.29. The average Bonchev–Trinajstić information content (AvgIpc) is 2.50. The molecule has 9 heteroatoms. The maximum atomic E-state index is 11.1. The number of nitrogens with zero attached hydrogens (tertiary/aromatic N) is 4. The minimum atomic E-state index is -0.442. The van der Waals surface area contributed by atoms with Crippen molar-refractivity contribution in [3.8, 4) is 0 Å². The lowest BCUT2D eigenvalue weighted by Gasteiger charge is -2.09. The van der Waals surface area contributed by atoms with Crippen LogP contribution in [-0.2, 0) is 0 Å². The Kier molecular flexibility index (Phi) is 3.97. The molecule has 23 heavy (non-hydrogen) atoms. The number of nitrogens with one attached hydrogen (secondary N) is 1. The highest BCUT2D eigenvalue weighted by atomic mass is 35.5. The van der Waals surface area contributed by atoms with Crippen LogP contribution in [0.25, 0.3) is 10.9 Å². The van der Waals surface area contributed by atoms with Crippen LogP contribution in [-0.4, -0.2) is 19.9 Å². The smallest absolute Gasteiger partial charge is 0.273 e. The van der Waals surface area contributed by atoms with E-state index in [4.69, 9.17) is 23.2 Å². The highest BCUT2D eigenvalue weighted by Gasteiger charge is 2.15. The van der Waals surface area contributed by atoms with E-state index in [1.165, 1.54) is 12.4 Å². The van der Waals surface area contributed by atoms with Crippen LogP contribution < -0.4 is 5.32 Å². The Labute approximate surface area is 140 Å². The first-order valence-electron chi connectivity index (χ1n) is 6.44.